The zero-order valence-corrected chi connectivity index (χ0v) is 63.7. The SMILES string of the molecule is CC1=C2C[C@H]3[C@@H](CC=C4CC(=O)CC[C@@]43C)[C@@H]2CC[C@]12O[C@@H]1C[C@H](C)CN(CCNC(=O)CCCCCNC(=O)CCc3ccccc3)[C@H]1[C@H]2C.CC1=C2C[C@H]3[C@@H](CC=C4C[C@@H](O)CC[C@@]43C)[C@@H]2CC[C@]12O[C@@H]1C[C@H](C)CN(CCNC(=O)CCCCCNC(=O)CCc3ccccc3)[C@H]1[C@H]2C. The number of hydrogen-bond acceptors (Lipinski definition) is 10. The summed E-state index contributed by atoms with van der Waals surface area (Å²) in [5, 5.41) is 23.0. The Labute approximate surface area is 612 Å². The van der Waals surface area contributed by atoms with E-state index in [0.29, 0.717) is 129 Å². The average molecular weight is 1400 g/mol. The summed E-state index contributed by atoms with van der Waals surface area (Å²) in [4.78, 5) is 67.6. The Bertz CT molecular complexity index is 3440. The number of Topliss-reactive ketones (excluding diaryl/α,β-unsaturated/α-hetero) is 1. The van der Waals surface area contributed by atoms with Gasteiger partial charge in [-0.3, -0.25) is 33.8 Å². The van der Waals surface area contributed by atoms with Crippen LogP contribution in [0.25, 0.3) is 0 Å². The summed E-state index contributed by atoms with van der Waals surface area (Å²) in [6, 6.07) is 21.0. The van der Waals surface area contributed by atoms with Crippen LogP contribution in [0, 0.1) is 70.0 Å². The Hall–Kier alpha value is -5.25. The van der Waals surface area contributed by atoms with Gasteiger partial charge in [0, 0.05) is 115 Å². The predicted molar refractivity (Wildman–Crippen MR) is 405 cm³/mol. The van der Waals surface area contributed by atoms with Gasteiger partial charge in [-0.05, 0) is 223 Å². The zero-order valence-electron chi connectivity index (χ0n) is 63.7. The van der Waals surface area contributed by atoms with Gasteiger partial charge in [-0.2, -0.15) is 0 Å². The Morgan fingerprint density at radius 2 is 0.971 bits per heavy atom. The molecule has 19 atom stereocenters. The Kier molecular flexibility index (Phi) is 23.9. The summed E-state index contributed by atoms with van der Waals surface area (Å²) in [7, 11) is 0. The molecule has 8 fully saturated rings. The number of benzene rings is 2. The summed E-state index contributed by atoms with van der Waals surface area (Å²) in [5.41, 5.74) is 12.0. The first-order valence-electron chi connectivity index (χ1n) is 41.1. The molecule has 0 unspecified atom stereocenters. The Balaban J connectivity index is 0.000000182. The second-order valence-electron chi connectivity index (χ2n) is 35.2. The summed E-state index contributed by atoms with van der Waals surface area (Å²) >= 11 is 0. The van der Waals surface area contributed by atoms with Crippen LogP contribution in [-0.4, -0.2) is 138 Å². The molecule has 5 N–H and O–H groups in total. The molecule has 2 aromatic carbocycles. The molecule has 14 rings (SSSR count). The largest absolute Gasteiger partial charge is 0.393 e. The van der Waals surface area contributed by atoms with Gasteiger partial charge in [-0.1, -0.05) is 149 Å². The third-order valence-electron chi connectivity index (χ3n) is 29.3. The number of ether oxygens (including phenoxy) is 2. The predicted octanol–water partition coefficient (Wildman–Crippen LogP) is 14.5. The van der Waals surface area contributed by atoms with Gasteiger partial charge in [0.15, 0.2) is 0 Å². The quantitative estimate of drug-likeness (QED) is 0.0502. The van der Waals surface area contributed by atoms with Crippen LogP contribution in [0.2, 0.25) is 0 Å². The third kappa shape index (κ3) is 15.6. The molecule has 4 saturated carbocycles. The molecule has 2 aromatic rings. The molecule has 558 valence electrons. The van der Waals surface area contributed by atoms with E-state index < -0.39 is 0 Å². The van der Waals surface area contributed by atoms with E-state index in [1.165, 1.54) is 54.4 Å². The van der Waals surface area contributed by atoms with Gasteiger partial charge in [0.1, 0.15) is 5.78 Å². The number of carbonyl (C=O) groups is 5. The van der Waals surface area contributed by atoms with Gasteiger partial charge < -0.3 is 35.8 Å². The van der Waals surface area contributed by atoms with Crippen molar-refractivity contribution in [2.75, 3.05) is 52.4 Å². The van der Waals surface area contributed by atoms with E-state index in [-0.39, 0.29) is 64.0 Å². The molecule has 12 aliphatic rings. The molecule has 4 heterocycles. The van der Waals surface area contributed by atoms with Gasteiger partial charge in [0.2, 0.25) is 23.6 Å². The number of amides is 4. The zero-order chi connectivity index (χ0) is 71.5. The number of aliphatic hydroxyl groups excluding tert-OH is 1. The number of aliphatic hydroxyl groups is 1. The molecular weight excluding hydrogens is 1270 g/mol. The number of nitrogens with one attached hydrogen (secondary N) is 4. The maximum absolute atomic E-state index is 12.8. The molecule has 4 saturated heterocycles. The second-order valence-corrected chi connectivity index (χ2v) is 35.2. The number of allylic oxidation sites excluding steroid dienone is 5. The number of hydrogen-bond donors (Lipinski definition) is 5. The molecule has 2 spiro atoms. The number of carbonyl (C=O) groups excluding carboxylic acids is 5. The summed E-state index contributed by atoms with van der Waals surface area (Å²) in [6.45, 7) is 26.1. The van der Waals surface area contributed by atoms with Crippen LogP contribution in [0.15, 0.2) is 106 Å². The monoisotopic (exact) mass is 1400 g/mol. The number of fused-ring (bicyclic) bond motifs is 12. The van der Waals surface area contributed by atoms with Crippen LogP contribution in [0.5, 0.6) is 0 Å². The van der Waals surface area contributed by atoms with Crippen molar-refractivity contribution in [2.45, 2.75) is 277 Å². The lowest BCUT2D eigenvalue weighted by molar-refractivity contribution is -0.122. The maximum atomic E-state index is 12.8. The number of likely N-dealkylation sites (tertiary alicyclic amines) is 2. The van der Waals surface area contributed by atoms with E-state index in [1.807, 2.05) is 36.4 Å². The maximum Gasteiger partial charge on any atom is 0.220 e. The van der Waals surface area contributed by atoms with E-state index in [0.717, 1.165) is 148 Å². The first-order valence-corrected chi connectivity index (χ1v) is 41.1. The minimum Gasteiger partial charge on any atom is -0.393 e. The highest BCUT2D eigenvalue weighted by Crippen LogP contribution is 2.67. The molecule has 0 radical (unpaired) electrons. The highest BCUT2D eigenvalue weighted by Gasteiger charge is 2.64. The van der Waals surface area contributed by atoms with Crippen molar-refractivity contribution in [3.8, 4) is 0 Å². The van der Waals surface area contributed by atoms with Crippen molar-refractivity contribution < 1.29 is 38.6 Å². The lowest BCUT2D eigenvalue weighted by Gasteiger charge is -2.49. The highest BCUT2D eigenvalue weighted by atomic mass is 16.5. The van der Waals surface area contributed by atoms with Crippen molar-refractivity contribution in [3.63, 3.8) is 0 Å². The number of rotatable bonds is 24. The number of ketones is 1. The second kappa shape index (κ2) is 32.5. The molecule has 0 aromatic heterocycles. The average Bonchev–Trinajstić information content (AvgIpc) is 1.55. The fourth-order valence-electron chi connectivity index (χ4n) is 23.7. The molecule has 4 aliphatic heterocycles. The van der Waals surface area contributed by atoms with E-state index in [4.69, 9.17) is 9.47 Å². The van der Waals surface area contributed by atoms with Gasteiger partial charge >= 0.3 is 0 Å². The smallest absolute Gasteiger partial charge is 0.220 e. The van der Waals surface area contributed by atoms with E-state index >= 15 is 0 Å². The van der Waals surface area contributed by atoms with Crippen molar-refractivity contribution >= 4 is 29.4 Å². The summed E-state index contributed by atoms with van der Waals surface area (Å²) < 4.78 is 14.6. The molecule has 8 aliphatic carbocycles. The van der Waals surface area contributed by atoms with Gasteiger partial charge in [-0.15, -0.1) is 0 Å². The summed E-state index contributed by atoms with van der Waals surface area (Å²) in [6.07, 6.45) is 31.4. The van der Waals surface area contributed by atoms with Crippen LogP contribution in [0.4, 0.5) is 0 Å². The van der Waals surface area contributed by atoms with E-state index in [1.54, 1.807) is 22.3 Å². The Morgan fingerprint density at radius 1 is 0.529 bits per heavy atom. The number of nitrogens with zero attached hydrogens (tertiary/aromatic N) is 2. The van der Waals surface area contributed by atoms with E-state index in [9.17, 15) is 29.1 Å². The van der Waals surface area contributed by atoms with Crippen LogP contribution in [0.1, 0.15) is 233 Å². The molecule has 14 nitrogen and oxygen atoms in total. The first kappa shape index (κ1) is 75.0. The van der Waals surface area contributed by atoms with Crippen LogP contribution >= 0.6 is 0 Å². The van der Waals surface area contributed by atoms with Crippen LogP contribution in [0.3, 0.4) is 0 Å². The molecular formula is C88H128N6O8. The fourth-order valence-corrected chi connectivity index (χ4v) is 23.7. The lowest BCUT2D eigenvalue weighted by Crippen LogP contribution is -2.54. The highest BCUT2D eigenvalue weighted by molar-refractivity contribution is 5.83. The summed E-state index contributed by atoms with van der Waals surface area (Å²) in [5.74, 6) is 7.05. The topological polar surface area (TPSA) is 179 Å². The number of unbranched alkanes of at least 4 members (excludes halogenated alkanes) is 4. The van der Waals surface area contributed by atoms with Crippen molar-refractivity contribution in [2.24, 2.45) is 70.0 Å². The number of aryl methyl sites for hydroxylation is 2. The van der Waals surface area contributed by atoms with Gasteiger partial charge in [0.25, 0.3) is 0 Å². The molecule has 102 heavy (non-hydrogen) atoms. The van der Waals surface area contributed by atoms with Crippen LogP contribution < -0.4 is 21.3 Å². The van der Waals surface area contributed by atoms with Crippen LogP contribution in [-0.2, 0) is 46.3 Å². The van der Waals surface area contributed by atoms with Crippen molar-refractivity contribution in [3.05, 3.63) is 117 Å². The van der Waals surface area contributed by atoms with Crippen molar-refractivity contribution in [1.29, 1.82) is 0 Å². The Morgan fingerprint density at radius 3 is 1.45 bits per heavy atom. The van der Waals surface area contributed by atoms with Crippen molar-refractivity contribution in [1.82, 2.24) is 31.1 Å². The van der Waals surface area contributed by atoms with Gasteiger partial charge in [0.05, 0.1) is 29.5 Å². The minimum atomic E-state index is -0.179. The number of piperidine rings is 2. The third-order valence-corrected chi connectivity index (χ3v) is 29.3. The molecule has 4 amide bonds. The van der Waals surface area contributed by atoms with E-state index in [2.05, 4.69) is 123 Å². The fraction of sp³-hybridized carbons (Fsp3) is 0.716. The minimum absolute atomic E-state index is 0.0962. The molecule has 14 heteroatoms. The normalized spacial score (nSPS) is 36.6. The lowest BCUT2D eigenvalue weighted by atomic mass is 9.56. The molecule has 0 bridgehead atoms. The van der Waals surface area contributed by atoms with Gasteiger partial charge in [-0.25, -0.2) is 0 Å². The first-order chi connectivity index (χ1) is 49.2. The standard InChI is InChI=1S/C44H65N3O4.C44H63N3O4/c2*1-29-25-39-42(47(28-29)24-23-46-40(49)13-9-6-10-22-45-41(50)17-14-32-11-7-5-8-12-32)31(3)44(51-39)21-19-35-36-16-15-33-26-34(48)18-20-43(33,4)38(36)27-37(35)30(44)2/h5,7-8,11-12,15,29,31,34-36,38-39,42,48H,6,9-10,13-14,16-28H2,1-4H3,(H,45,50)(H,46,49);5,7-8,11-12,15,29,31,35-36,38-39,42H,6,9-10,13-14,16-28H2,1-4H3,(H,45,50)(H,46,49)/t29-,31+,34-,35-,36-,38-,39+,42-,43-,44-;29-,31+,35-,36-,38-,39+,42-,43-,44-/m00/s1.